The van der Waals surface area contributed by atoms with E-state index in [1.165, 1.54) is 57.8 Å². The van der Waals surface area contributed by atoms with Crippen molar-refractivity contribution in [3.05, 3.63) is 0 Å². The highest BCUT2D eigenvalue weighted by Gasteiger charge is 2.35. The molecule has 1 aliphatic rings. The van der Waals surface area contributed by atoms with E-state index < -0.39 is 17.0 Å². The van der Waals surface area contributed by atoms with Gasteiger partial charge in [0, 0.05) is 0 Å². The highest BCUT2D eigenvalue weighted by atomic mass is 17.3. The van der Waals surface area contributed by atoms with Crippen molar-refractivity contribution < 1.29 is 24.3 Å². The topological polar surface area (TPSA) is 46.2 Å². The Labute approximate surface area is 173 Å². The first kappa shape index (κ1) is 25.8. The van der Waals surface area contributed by atoms with Gasteiger partial charge in [0.15, 0.2) is 0 Å². The van der Waals surface area contributed by atoms with Crippen molar-refractivity contribution in [2.75, 3.05) is 6.61 Å². The first-order valence-corrected chi connectivity index (χ1v) is 11.3. The average Bonchev–Trinajstić information content (AvgIpc) is 2.57. The van der Waals surface area contributed by atoms with E-state index in [1.807, 2.05) is 41.5 Å². The quantitative estimate of drug-likeness (QED) is 0.264. The molecule has 1 aliphatic carbocycles. The van der Waals surface area contributed by atoms with E-state index in [0.29, 0.717) is 0 Å². The fraction of sp³-hybridized carbons (Fsp3) is 1.00. The third-order valence-electron chi connectivity index (χ3n) is 4.57. The second kappa shape index (κ2) is 12.5. The van der Waals surface area contributed by atoms with Crippen molar-refractivity contribution >= 4 is 0 Å². The molecule has 168 valence electrons. The lowest BCUT2D eigenvalue weighted by molar-refractivity contribution is -0.541. The van der Waals surface area contributed by atoms with Crippen LogP contribution in [0.4, 0.5) is 0 Å². The van der Waals surface area contributed by atoms with Crippen molar-refractivity contribution in [2.45, 2.75) is 142 Å². The van der Waals surface area contributed by atoms with Gasteiger partial charge in [-0.05, 0) is 61.3 Å². The molecule has 0 spiro atoms. The smallest absolute Gasteiger partial charge is 0.254 e. The van der Waals surface area contributed by atoms with Crippen LogP contribution in [0.1, 0.15) is 119 Å². The molecule has 28 heavy (non-hydrogen) atoms. The summed E-state index contributed by atoms with van der Waals surface area (Å²) in [6, 6.07) is 0. The van der Waals surface area contributed by atoms with Crippen molar-refractivity contribution in [1.82, 2.24) is 0 Å². The largest absolute Gasteiger partial charge is 0.372 e. The number of hydrogen-bond donors (Lipinski definition) is 0. The van der Waals surface area contributed by atoms with Gasteiger partial charge in [0.05, 0.1) is 17.3 Å². The zero-order chi connectivity index (χ0) is 21.1. The predicted octanol–water partition coefficient (Wildman–Crippen LogP) is 6.89. The highest BCUT2D eigenvalue weighted by Crippen LogP contribution is 2.25. The van der Waals surface area contributed by atoms with Crippen molar-refractivity contribution in [3.8, 4) is 0 Å². The second-order valence-corrected chi connectivity index (χ2v) is 10.4. The molecule has 0 heterocycles. The molecule has 0 saturated heterocycles. The van der Waals surface area contributed by atoms with Gasteiger partial charge in [0.1, 0.15) is 6.61 Å². The Hall–Kier alpha value is -0.200. The summed E-state index contributed by atoms with van der Waals surface area (Å²) >= 11 is 0. The van der Waals surface area contributed by atoms with Gasteiger partial charge in [-0.15, -0.1) is 0 Å². The predicted molar refractivity (Wildman–Crippen MR) is 113 cm³/mol. The molecule has 0 aromatic heterocycles. The van der Waals surface area contributed by atoms with Crippen molar-refractivity contribution in [2.24, 2.45) is 0 Å². The maximum atomic E-state index is 6.27. The molecule has 0 amide bonds. The van der Waals surface area contributed by atoms with Crippen molar-refractivity contribution in [3.63, 3.8) is 0 Å². The maximum absolute atomic E-state index is 6.27. The standard InChI is InChI=1S/C23H46O5/c1-21(2,3)25-27-23(7,28-26-22(4,5)6)19-24-20-17-15-13-11-9-8-10-12-14-16-18-20/h20H,8-19H2,1-7H3. The van der Waals surface area contributed by atoms with Crippen LogP contribution in [0, 0.1) is 0 Å². The Morgan fingerprint density at radius 1 is 0.536 bits per heavy atom. The molecule has 5 nitrogen and oxygen atoms in total. The van der Waals surface area contributed by atoms with E-state index in [4.69, 9.17) is 24.3 Å². The number of hydrogen-bond acceptors (Lipinski definition) is 5. The fourth-order valence-electron chi connectivity index (χ4n) is 3.05. The first-order chi connectivity index (χ1) is 13.0. The molecule has 5 heteroatoms. The lowest BCUT2D eigenvalue weighted by atomic mass is 9.99. The summed E-state index contributed by atoms with van der Waals surface area (Å²) in [5.74, 6) is -1.12. The van der Waals surface area contributed by atoms with E-state index in [9.17, 15) is 0 Å². The van der Waals surface area contributed by atoms with Crippen LogP contribution in [0.15, 0.2) is 0 Å². The van der Waals surface area contributed by atoms with Gasteiger partial charge in [-0.25, -0.2) is 9.78 Å². The van der Waals surface area contributed by atoms with Crippen LogP contribution in [-0.4, -0.2) is 29.7 Å². The summed E-state index contributed by atoms with van der Waals surface area (Å²) in [7, 11) is 0. The van der Waals surface area contributed by atoms with Crippen LogP contribution in [0.2, 0.25) is 0 Å². The highest BCUT2D eigenvalue weighted by molar-refractivity contribution is 4.67. The molecule has 0 unspecified atom stereocenters. The lowest BCUT2D eigenvalue weighted by Gasteiger charge is -2.33. The average molecular weight is 403 g/mol. The molecule has 0 bridgehead atoms. The van der Waals surface area contributed by atoms with Gasteiger partial charge < -0.3 is 4.74 Å². The summed E-state index contributed by atoms with van der Waals surface area (Å²) in [5, 5.41) is 0. The summed E-state index contributed by atoms with van der Waals surface area (Å²) in [5.41, 5.74) is -0.890. The Morgan fingerprint density at radius 2 is 0.893 bits per heavy atom. The third-order valence-corrected chi connectivity index (χ3v) is 4.57. The Kier molecular flexibility index (Phi) is 11.5. The van der Waals surface area contributed by atoms with E-state index >= 15 is 0 Å². The third kappa shape index (κ3) is 13.9. The van der Waals surface area contributed by atoms with Crippen LogP contribution in [-0.2, 0) is 24.3 Å². The molecule has 1 saturated carbocycles. The van der Waals surface area contributed by atoms with Gasteiger partial charge in [-0.1, -0.05) is 57.8 Å². The number of rotatable bonds is 7. The molecule has 0 atom stereocenters. The molecule has 0 aromatic carbocycles. The monoisotopic (exact) mass is 402 g/mol. The minimum Gasteiger partial charge on any atom is -0.372 e. The normalized spacial score (nSPS) is 19.8. The molecule has 0 N–H and O–H groups in total. The Balaban J connectivity index is 2.61. The molecular weight excluding hydrogens is 356 g/mol. The molecule has 0 aromatic rings. The molecule has 1 fully saturated rings. The fourth-order valence-corrected chi connectivity index (χ4v) is 3.05. The zero-order valence-corrected chi connectivity index (χ0v) is 19.6. The van der Waals surface area contributed by atoms with E-state index in [1.54, 1.807) is 6.92 Å². The van der Waals surface area contributed by atoms with E-state index in [2.05, 4.69) is 0 Å². The Bertz CT molecular complexity index is 367. The van der Waals surface area contributed by atoms with E-state index in [0.717, 1.165) is 12.8 Å². The summed E-state index contributed by atoms with van der Waals surface area (Å²) in [4.78, 5) is 22.3. The van der Waals surface area contributed by atoms with Gasteiger partial charge in [0.25, 0.3) is 5.79 Å². The molecular formula is C23H46O5. The molecule has 0 radical (unpaired) electrons. The summed E-state index contributed by atoms with van der Waals surface area (Å²) in [6.45, 7) is 13.7. The van der Waals surface area contributed by atoms with Gasteiger partial charge >= 0.3 is 0 Å². The van der Waals surface area contributed by atoms with Crippen LogP contribution in [0.25, 0.3) is 0 Å². The summed E-state index contributed by atoms with van der Waals surface area (Å²) in [6.07, 6.45) is 14.3. The number of ether oxygens (including phenoxy) is 1. The van der Waals surface area contributed by atoms with E-state index in [-0.39, 0.29) is 12.7 Å². The summed E-state index contributed by atoms with van der Waals surface area (Å²) < 4.78 is 6.27. The van der Waals surface area contributed by atoms with Crippen LogP contribution in [0.3, 0.4) is 0 Å². The second-order valence-electron chi connectivity index (χ2n) is 10.4. The van der Waals surface area contributed by atoms with Gasteiger partial charge in [-0.3, -0.25) is 0 Å². The first-order valence-electron chi connectivity index (χ1n) is 11.3. The SMILES string of the molecule is CC(C)(C)OOC(C)(COC1CCCCCCCCCCC1)OOC(C)(C)C. The zero-order valence-electron chi connectivity index (χ0n) is 19.6. The van der Waals surface area contributed by atoms with Gasteiger partial charge in [0.2, 0.25) is 0 Å². The van der Waals surface area contributed by atoms with Crippen LogP contribution >= 0.6 is 0 Å². The minimum absolute atomic E-state index is 0.232. The minimum atomic E-state index is -1.12. The molecule has 1 rings (SSSR count). The van der Waals surface area contributed by atoms with Crippen LogP contribution in [0.5, 0.6) is 0 Å². The Morgan fingerprint density at radius 3 is 1.25 bits per heavy atom. The van der Waals surface area contributed by atoms with Gasteiger partial charge in [-0.2, -0.15) is 9.78 Å². The maximum Gasteiger partial charge on any atom is 0.254 e. The van der Waals surface area contributed by atoms with Crippen LogP contribution < -0.4 is 0 Å². The lowest BCUT2D eigenvalue weighted by Crippen LogP contribution is -2.43. The molecule has 0 aliphatic heterocycles. The van der Waals surface area contributed by atoms with Crippen molar-refractivity contribution in [1.29, 1.82) is 0 Å².